The smallest absolute Gasteiger partial charge is 0.118 e. The summed E-state index contributed by atoms with van der Waals surface area (Å²) < 4.78 is 7.62. The fraction of sp³-hybridized carbons (Fsp3) is 0.300. The second-order valence-corrected chi connectivity index (χ2v) is 6.35. The Bertz CT molecular complexity index is 781. The van der Waals surface area contributed by atoms with E-state index in [2.05, 4.69) is 67.9 Å². The monoisotopic (exact) mass is 293 g/mol. The molecule has 0 fully saturated rings. The summed E-state index contributed by atoms with van der Waals surface area (Å²) >= 11 is 0. The molecule has 0 aliphatic carbocycles. The summed E-state index contributed by atoms with van der Waals surface area (Å²) in [6.45, 7) is 6.80. The van der Waals surface area contributed by atoms with Crippen LogP contribution in [0.2, 0.25) is 0 Å². The van der Waals surface area contributed by atoms with Gasteiger partial charge in [0.1, 0.15) is 5.75 Å². The molecule has 0 unspecified atom stereocenters. The second kappa shape index (κ2) is 5.53. The molecule has 0 spiro atoms. The van der Waals surface area contributed by atoms with Gasteiger partial charge in [-0.25, -0.2) is 0 Å². The first-order valence-electron chi connectivity index (χ1n) is 7.81. The minimum atomic E-state index is 0.125. The number of hydrogen-bond donors (Lipinski definition) is 0. The summed E-state index contributed by atoms with van der Waals surface area (Å²) in [4.78, 5) is 0. The number of hydrogen-bond acceptors (Lipinski definition) is 1. The van der Waals surface area contributed by atoms with Crippen molar-refractivity contribution in [3.8, 4) is 16.9 Å². The Morgan fingerprint density at radius 2 is 1.64 bits per heavy atom. The summed E-state index contributed by atoms with van der Waals surface area (Å²) in [5, 5.41) is 1.29. The first kappa shape index (κ1) is 14.7. The molecule has 3 aromatic rings. The molecule has 0 atom stereocenters. The van der Waals surface area contributed by atoms with Crippen LogP contribution in [0.25, 0.3) is 22.0 Å². The van der Waals surface area contributed by atoms with Crippen LogP contribution in [-0.2, 0) is 5.54 Å². The fourth-order valence-electron chi connectivity index (χ4n) is 2.79. The Morgan fingerprint density at radius 1 is 0.955 bits per heavy atom. The highest BCUT2D eigenvalue weighted by atomic mass is 16.5. The van der Waals surface area contributed by atoms with Gasteiger partial charge in [-0.2, -0.15) is 0 Å². The Hall–Kier alpha value is -2.22. The van der Waals surface area contributed by atoms with Gasteiger partial charge in [-0.05, 0) is 61.0 Å². The quantitative estimate of drug-likeness (QED) is 0.623. The van der Waals surface area contributed by atoms with Crippen LogP contribution < -0.4 is 4.74 Å². The van der Waals surface area contributed by atoms with Crippen LogP contribution in [-0.4, -0.2) is 11.7 Å². The van der Waals surface area contributed by atoms with E-state index in [0.717, 1.165) is 12.2 Å². The highest BCUT2D eigenvalue weighted by molar-refractivity contribution is 5.85. The summed E-state index contributed by atoms with van der Waals surface area (Å²) in [7, 11) is 1.70. The second-order valence-electron chi connectivity index (χ2n) is 6.35. The highest BCUT2D eigenvalue weighted by Gasteiger charge is 2.19. The fourth-order valence-corrected chi connectivity index (χ4v) is 2.79. The summed E-state index contributed by atoms with van der Waals surface area (Å²) in [6.07, 6.45) is 3.30. The van der Waals surface area contributed by atoms with Crippen molar-refractivity contribution >= 4 is 10.9 Å². The maximum Gasteiger partial charge on any atom is 0.118 e. The molecule has 2 nitrogen and oxygen atoms in total. The third-order valence-corrected chi connectivity index (χ3v) is 4.63. The number of fused-ring (bicyclic) bond motifs is 1. The Morgan fingerprint density at radius 3 is 2.27 bits per heavy atom. The maximum atomic E-state index is 5.24. The van der Waals surface area contributed by atoms with Gasteiger partial charge in [-0.3, -0.25) is 0 Å². The zero-order valence-corrected chi connectivity index (χ0v) is 13.8. The van der Waals surface area contributed by atoms with E-state index in [1.807, 2.05) is 12.1 Å². The Balaban J connectivity index is 2.10. The van der Waals surface area contributed by atoms with Crippen molar-refractivity contribution in [3.05, 3.63) is 54.7 Å². The lowest BCUT2D eigenvalue weighted by molar-refractivity contribution is 0.354. The number of ether oxygens (including phenoxy) is 1. The lowest BCUT2D eigenvalue weighted by Gasteiger charge is -2.26. The first-order valence-corrected chi connectivity index (χ1v) is 7.81. The Labute approximate surface area is 132 Å². The molecule has 0 radical (unpaired) electrons. The zero-order chi connectivity index (χ0) is 15.7. The molecule has 2 aromatic carbocycles. The summed E-state index contributed by atoms with van der Waals surface area (Å²) in [6, 6.07) is 17.1. The number of methoxy groups -OCH3 is 1. The van der Waals surface area contributed by atoms with Gasteiger partial charge >= 0.3 is 0 Å². The molecule has 114 valence electrons. The molecule has 3 rings (SSSR count). The van der Waals surface area contributed by atoms with Gasteiger partial charge in [0.05, 0.1) is 7.11 Å². The van der Waals surface area contributed by atoms with E-state index < -0.39 is 0 Å². The number of benzene rings is 2. The normalized spacial score (nSPS) is 11.8. The van der Waals surface area contributed by atoms with Gasteiger partial charge in [0.15, 0.2) is 0 Å². The molecule has 0 saturated carbocycles. The van der Waals surface area contributed by atoms with Gasteiger partial charge in [0.2, 0.25) is 0 Å². The van der Waals surface area contributed by atoms with E-state index in [4.69, 9.17) is 4.74 Å². The molecule has 1 aromatic heterocycles. The van der Waals surface area contributed by atoms with E-state index in [-0.39, 0.29) is 5.54 Å². The summed E-state index contributed by atoms with van der Waals surface area (Å²) in [5.74, 6) is 0.889. The van der Waals surface area contributed by atoms with Gasteiger partial charge < -0.3 is 9.30 Å². The largest absolute Gasteiger partial charge is 0.497 e. The van der Waals surface area contributed by atoms with E-state index >= 15 is 0 Å². The third kappa shape index (κ3) is 2.50. The van der Waals surface area contributed by atoms with Crippen molar-refractivity contribution < 1.29 is 4.74 Å². The van der Waals surface area contributed by atoms with Crippen molar-refractivity contribution in [1.82, 2.24) is 4.57 Å². The van der Waals surface area contributed by atoms with Crippen LogP contribution in [0, 0.1) is 0 Å². The first-order chi connectivity index (χ1) is 10.5. The van der Waals surface area contributed by atoms with Crippen LogP contribution in [0.5, 0.6) is 5.75 Å². The minimum absolute atomic E-state index is 0.125. The van der Waals surface area contributed by atoms with Crippen molar-refractivity contribution in [1.29, 1.82) is 0 Å². The molecule has 22 heavy (non-hydrogen) atoms. The van der Waals surface area contributed by atoms with E-state index in [9.17, 15) is 0 Å². The van der Waals surface area contributed by atoms with Crippen molar-refractivity contribution in [2.24, 2.45) is 0 Å². The average molecular weight is 293 g/mol. The zero-order valence-electron chi connectivity index (χ0n) is 13.8. The molecule has 1 heterocycles. The topological polar surface area (TPSA) is 14.2 Å². The average Bonchev–Trinajstić information content (AvgIpc) is 2.98. The van der Waals surface area contributed by atoms with Gasteiger partial charge in [-0.15, -0.1) is 0 Å². The predicted molar refractivity (Wildman–Crippen MR) is 93.5 cm³/mol. The maximum absolute atomic E-state index is 5.24. The van der Waals surface area contributed by atoms with Crippen LogP contribution in [0.15, 0.2) is 54.7 Å². The Kier molecular flexibility index (Phi) is 3.69. The lowest BCUT2D eigenvalue weighted by atomic mass is 10.0. The minimum Gasteiger partial charge on any atom is -0.497 e. The molecule has 0 N–H and O–H groups in total. The van der Waals surface area contributed by atoms with E-state index in [1.165, 1.54) is 22.0 Å². The molecule has 0 aliphatic rings. The number of aromatic nitrogens is 1. The predicted octanol–water partition coefficient (Wildman–Crippen LogP) is 5.46. The van der Waals surface area contributed by atoms with Crippen molar-refractivity contribution in [2.45, 2.75) is 32.7 Å². The van der Waals surface area contributed by atoms with Crippen LogP contribution in [0.1, 0.15) is 27.2 Å². The number of nitrogens with zero attached hydrogens (tertiary/aromatic N) is 1. The van der Waals surface area contributed by atoms with Gasteiger partial charge in [-0.1, -0.05) is 31.2 Å². The number of rotatable bonds is 4. The molecule has 0 amide bonds. The van der Waals surface area contributed by atoms with Gasteiger partial charge in [0.25, 0.3) is 0 Å². The summed E-state index contributed by atoms with van der Waals surface area (Å²) in [5.41, 5.74) is 3.87. The molecular weight excluding hydrogens is 270 g/mol. The van der Waals surface area contributed by atoms with E-state index in [1.54, 1.807) is 7.11 Å². The van der Waals surface area contributed by atoms with E-state index in [0.29, 0.717) is 0 Å². The van der Waals surface area contributed by atoms with Crippen molar-refractivity contribution in [3.63, 3.8) is 0 Å². The molecular formula is C20H23NO. The van der Waals surface area contributed by atoms with Crippen LogP contribution >= 0.6 is 0 Å². The SMILES string of the molecule is CCC(C)(C)n1ccc2ccc(-c3ccc(OC)cc3)cc21. The molecule has 2 heteroatoms. The van der Waals surface area contributed by atoms with Crippen LogP contribution in [0.4, 0.5) is 0 Å². The highest BCUT2D eigenvalue weighted by Crippen LogP contribution is 2.30. The lowest BCUT2D eigenvalue weighted by Crippen LogP contribution is -2.23. The molecule has 0 bridgehead atoms. The van der Waals surface area contributed by atoms with Gasteiger partial charge in [0, 0.05) is 17.3 Å². The van der Waals surface area contributed by atoms with Crippen LogP contribution in [0.3, 0.4) is 0 Å². The van der Waals surface area contributed by atoms with Crippen molar-refractivity contribution in [2.75, 3.05) is 7.11 Å². The molecule has 0 saturated heterocycles. The standard InChI is InChI=1S/C20H23NO/c1-5-20(2,3)21-13-12-16-6-7-17(14-19(16)21)15-8-10-18(22-4)11-9-15/h6-14H,5H2,1-4H3. The molecule has 0 aliphatic heterocycles. The third-order valence-electron chi connectivity index (χ3n) is 4.63.